The molecule has 0 aliphatic rings. The second-order valence-corrected chi connectivity index (χ2v) is 3.49. The van der Waals surface area contributed by atoms with Crippen LogP contribution < -0.4 is 17.0 Å². The zero-order chi connectivity index (χ0) is 11.0. The largest absolute Gasteiger partial charge is 0.381 e. The van der Waals surface area contributed by atoms with Gasteiger partial charge in [0.25, 0.3) is 5.56 Å². The molecule has 0 fully saturated rings. The molecule has 2 heterocycles. The Kier molecular flexibility index (Phi) is 2.15. The molecule has 2 aromatic heterocycles. The molecule has 0 amide bonds. The van der Waals surface area contributed by atoms with Crippen LogP contribution in [0.3, 0.4) is 0 Å². The molecule has 4 N–H and O–H groups in total. The number of nitrogens with two attached hydrogens (primary N) is 1. The van der Waals surface area contributed by atoms with Gasteiger partial charge in [0, 0.05) is 6.20 Å². The van der Waals surface area contributed by atoms with Crippen molar-refractivity contribution in [2.75, 3.05) is 5.73 Å². The minimum atomic E-state index is -0.678. The number of halogens is 1. The molecule has 2 rings (SSSR count). The van der Waals surface area contributed by atoms with Gasteiger partial charge in [-0.1, -0.05) is 0 Å². The number of aromatic nitrogens is 5. The third kappa shape index (κ3) is 1.68. The molecule has 2 aromatic rings. The lowest BCUT2D eigenvalue weighted by Crippen LogP contribution is -2.28. The number of hydrogen-bond acceptors (Lipinski definition) is 5. The van der Waals surface area contributed by atoms with E-state index in [1.54, 1.807) is 0 Å². The summed E-state index contributed by atoms with van der Waals surface area (Å²) in [4.78, 5) is 24.0. The molecule has 0 atom stereocenters. The fourth-order valence-corrected chi connectivity index (χ4v) is 1.24. The SMILES string of the molecule is Nc1nn(-c2n[nH]c(=O)[nH]c2=O)cc1Br. The van der Waals surface area contributed by atoms with Gasteiger partial charge in [-0.2, -0.15) is 0 Å². The fourth-order valence-electron chi connectivity index (χ4n) is 0.971. The molecule has 0 aliphatic heterocycles. The third-order valence-corrected chi connectivity index (χ3v) is 2.22. The van der Waals surface area contributed by atoms with Crippen molar-refractivity contribution in [3.8, 4) is 5.82 Å². The zero-order valence-corrected chi connectivity index (χ0v) is 8.78. The van der Waals surface area contributed by atoms with Crippen LogP contribution in [-0.2, 0) is 0 Å². The molecular formula is C6H5BrN6O2. The Morgan fingerprint density at radius 1 is 1.47 bits per heavy atom. The van der Waals surface area contributed by atoms with Crippen LogP contribution in [0, 0.1) is 0 Å². The Bertz CT molecular complexity index is 591. The van der Waals surface area contributed by atoms with Crippen molar-refractivity contribution in [1.82, 2.24) is 25.0 Å². The summed E-state index contributed by atoms with van der Waals surface area (Å²) in [6, 6.07) is 0. The maximum absolute atomic E-state index is 11.3. The quantitative estimate of drug-likeness (QED) is 0.614. The first-order chi connectivity index (χ1) is 7.08. The van der Waals surface area contributed by atoms with E-state index in [4.69, 9.17) is 5.73 Å². The monoisotopic (exact) mass is 272 g/mol. The van der Waals surface area contributed by atoms with E-state index in [0.717, 1.165) is 4.68 Å². The van der Waals surface area contributed by atoms with E-state index in [1.807, 2.05) is 4.98 Å². The molecule has 0 saturated heterocycles. The highest BCUT2D eigenvalue weighted by Gasteiger charge is 2.09. The Balaban J connectivity index is 2.64. The predicted molar refractivity (Wildman–Crippen MR) is 54.7 cm³/mol. The molecule has 9 heteroatoms. The summed E-state index contributed by atoms with van der Waals surface area (Å²) >= 11 is 3.13. The average Bonchev–Trinajstić information content (AvgIpc) is 2.46. The highest BCUT2D eigenvalue weighted by Crippen LogP contribution is 2.16. The molecule has 78 valence electrons. The van der Waals surface area contributed by atoms with Gasteiger partial charge in [-0.15, -0.1) is 10.2 Å². The van der Waals surface area contributed by atoms with Crippen LogP contribution in [0.15, 0.2) is 20.3 Å². The van der Waals surface area contributed by atoms with Crippen LogP contribution >= 0.6 is 15.9 Å². The van der Waals surface area contributed by atoms with Gasteiger partial charge in [-0.05, 0) is 15.9 Å². The topological polar surface area (TPSA) is 122 Å². The van der Waals surface area contributed by atoms with Gasteiger partial charge >= 0.3 is 5.69 Å². The molecule has 0 radical (unpaired) electrons. The van der Waals surface area contributed by atoms with Gasteiger partial charge in [-0.25, -0.2) is 14.6 Å². The lowest BCUT2D eigenvalue weighted by atomic mass is 10.6. The number of hydrogen-bond donors (Lipinski definition) is 3. The molecule has 0 aromatic carbocycles. The number of nitrogens with one attached hydrogen (secondary N) is 2. The maximum Gasteiger partial charge on any atom is 0.342 e. The number of rotatable bonds is 1. The van der Waals surface area contributed by atoms with Crippen molar-refractivity contribution in [1.29, 1.82) is 0 Å². The van der Waals surface area contributed by atoms with E-state index in [0.29, 0.717) is 4.47 Å². The van der Waals surface area contributed by atoms with Crippen molar-refractivity contribution in [2.24, 2.45) is 0 Å². The Morgan fingerprint density at radius 2 is 2.20 bits per heavy atom. The molecule has 15 heavy (non-hydrogen) atoms. The van der Waals surface area contributed by atoms with Crippen molar-refractivity contribution in [3.05, 3.63) is 31.5 Å². The van der Waals surface area contributed by atoms with E-state index >= 15 is 0 Å². The second-order valence-electron chi connectivity index (χ2n) is 2.64. The van der Waals surface area contributed by atoms with Crippen molar-refractivity contribution in [3.63, 3.8) is 0 Å². The molecule has 0 aliphatic carbocycles. The van der Waals surface area contributed by atoms with E-state index < -0.39 is 11.2 Å². The minimum Gasteiger partial charge on any atom is -0.381 e. The van der Waals surface area contributed by atoms with Crippen molar-refractivity contribution < 1.29 is 0 Å². The van der Waals surface area contributed by atoms with Crippen LogP contribution in [0.1, 0.15) is 0 Å². The Labute approximate surface area is 90.3 Å². The number of H-pyrrole nitrogens is 2. The van der Waals surface area contributed by atoms with Crippen LogP contribution in [0.2, 0.25) is 0 Å². The molecule has 0 spiro atoms. The molecule has 0 bridgehead atoms. The van der Waals surface area contributed by atoms with Gasteiger partial charge in [0.1, 0.15) is 0 Å². The third-order valence-electron chi connectivity index (χ3n) is 1.61. The minimum absolute atomic E-state index is 0.0630. The summed E-state index contributed by atoms with van der Waals surface area (Å²) < 4.78 is 1.70. The number of nitrogens with zero attached hydrogens (tertiary/aromatic N) is 3. The Hall–Kier alpha value is -1.90. The summed E-state index contributed by atoms with van der Waals surface area (Å²) in [5.74, 6) is 0.161. The standard InChI is InChI=1S/C6H5BrN6O2/c7-2-1-13(12-3(2)8)4-5(14)9-6(15)11-10-4/h1H,(H2,8,12)(H2,9,11,14,15). The summed E-state index contributed by atoms with van der Waals surface area (Å²) in [5.41, 5.74) is 4.14. The van der Waals surface area contributed by atoms with Crippen LogP contribution in [0.4, 0.5) is 5.82 Å². The van der Waals surface area contributed by atoms with Crippen LogP contribution in [0.5, 0.6) is 0 Å². The number of anilines is 1. The van der Waals surface area contributed by atoms with Gasteiger partial charge < -0.3 is 5.73 Å². The number of nitrogen functional groups attached to an aromatic ring is 1. The van der Waals surface area contributed by atoms with Crippen LogP contribution in [-0.4, -0.2) is 25.0 Å². The van der Waals surface area contributed by atoms with E-state index in [-0.39, 0.29) is 11.6 Å². The molecule has 0 saturated carbocycles. The predicted octanol–water partition coefficient (Wildman–Crippen LogP) is -1.01. The van der Waals surface area contributed by atoms with Crippen molar-refractivity contribution >= 4 is 21.7 Å². The van der Waals surface area contributed by atoms with Gasteiger partial charge in [0.2, 0.25) is 5.82 Å². The average molecular weight is 273 g/mol. The smallest absolute Gasteiger partial charge is 0.342 e. The highest BCUT2D eigenvalue weighted by molar-refractivity contribution is 9.10. The van der Waals surface area contributed by atoms with Gasteiger partial charge in [0.05, 0.1) is 4.47 Å². The molecule has 8 nitrogen and oxygen atoms in total. The highest BCUT2D eigenvalue weighted by atomic mass is 79.9. The normalized spacial score (nSPS) is 10.5. The summed E-state index contributed by atoms with van der Waals surface area (Å²) in [5, 5.41) is 9.45. The van der Waals surface area contributed by atoms with E-state index in [1.165, 1.54) is 6.20 Å². The first-order valence-electron chi connectivity index (χ1n) is 3.78. The Morgan fingerprint density at radius 3 is 2.73 bits per heavy atom. The maximum atomic E-state index is 11.3. The van der Waals surface area contributed by atoms with Crippen LogP contribution in [0.25, 0.3) is 5.82 Å². The first-order valence-corrected chi connectivity index (χ1v) is 4.57. The van der Waals surface area contributed by atoms with E-state index in [9.17, 15) is 9.59 Å². The van der Waals surface area contributed by atoms with Crippen molar-refractivity contribution in [2.45, 2.75) is 0 Å². The summed E-state index contributed by atoms with van der Waals surface area (Å²) in [7, 11) is 0. The summed E-state index contributed by atoms with van der Waals surface area (Å²) in [6.07, 6.45) is 1.46. The zero-order valence-electron chi connectivity index (χ0n) is 7.19. The molecular weight excluding hydrogens is 268 g/mol. The van der Waals surface area contributed by atoms with E-state index in [2.05, 4.69) is 31.2 Å². The lowest BCUT2D eigenvalue weighted by Gasteiger charge is -1.95. The first kappa shape index (κ1) is 9.65. The van der Waals surface area contributed by atoms with Gasteiger partial charge in [-0.3, -0.25) is 9.78 Å². The lowest BCUT2D eigenvalue weighted by molar-refractivity contribution is 0.768. The summed E-state index contributed by atoms with van der Waals surface area (Å²) in [6.45, 7) is 0. The molecule has 0 unspecified atom stereocenters. The van der Waals surface area contributed by atoms with Gasteiger partial charge in [0.15, 0.2) is 5.82 Å². The number of aromatic amines is 2. The fraction of sp³-hybridized carbons (Fsp3) is 0. The second kappa shape index (κ2) is 3.35.